The first-order valence-electron chi connectivity index (χ1n) is 8.12. The lowest BCUT2D eigenvalue weighted by Crippen LogP contribution is -2.34. The topological polar surface area (TPSA) is 35.6 Å². The first-order valence-corrected chi connectivity index (χ1v) is 8.88. The van der Waals surface area contributed by atoms with E-state index < -0.39 is 0 Å². The van der Waals surface area contributed by atoms with E-state index >= 15 is 0 Å². The van der Waals surface area contributed by atoms with Crippen LogP contribution in [-0.4, -0.2) is 38.6 Å². The van der Waals surface area contributed by atoms with Crippen molar-refractivity contribution in [2.75, 3.05) is 32.6 Å². The molecule has 2 aromatic carbocycles. The lowest BCUT2D eigenvalue weighted by Gasteiger charge is -2.33. The van der Waals surface area contributed by atoms with Crippen LogP contribution in [0.1, 0.15) is 22.6 Å². The molecule has 0 fully saturated rings. The van der Waals surface area contributed by atoms with Crippen LogP contribution in [0.4, 0.5) is 10.5 Å². The number of amides is 2. The quantitative estimate of drug-likeness (QED) is 0.844. The van der Waals surface area contributed by atoms with Crippen molar-refractivity contribution in [1.82, 2.24) is 10.2 Å². The van der Waals surface area contributed by atoms with E-state index in [0.717, 1.165) is 29.4 Å². The maximum Gasteiger partial charge on any atom is 0.321 e. The zero-order valence-corrected chi connectivity index (χ0v) is 16.0. The smallest absolute Gasteiger partial charge is 0.321 e. The summed E-state index contributed by atoms with van der Waals surface area (Å²) in [4.78, 5) is 15.6. The van der Waals surface area contributed by atoms with E-state index in [1.165, 1.54) is 11.1 Å². The van der Waals surface area contributed by atoms with Gasteiger partial charge in [-0.2, -0.15) is 0 Å². The number of hydrogen-bond donors (Lipinski definition) is 1. The zero-order chi connectivity index (χ0) is 18.1. The van der Waals surface area contributed by atoms with E-state index in [2.05, 4.69) is 29.4 Å². The van der Waals surface area contributed by atoms with Crippen molar-refractivity contribution >= 4 is 34.9 Å². The molecule has 2 amide bonds. The minimum atomic E-state index is -0.144. The molecule has 0 spiro atoms. The van der Waals surface area contributed by atoms with Gasteiger partial charge < -0.3 is 10.2 Å². The number of halogens is 2. The second-order valence-corrected chi connectivity index (χ2v) is 7.25. The van der Waals surface area contributed by atoms with Crippen LogP contribution in [0.2, 0.25) is 10.0 Å². The van der Waals surface area contributed by atoms with Crippen LogP contribution < -0.4 is 10.2 Å². The van der Waals surface area contributed by atoms with Gasteiger partial charge in [0.2, 0.25) is 0 Å². The van der Waals surface area contributed by atoms with Crippen molar-refractivity contribution in [3.63, 3.8) is 0 Å². The van der Waals surface area contributed by atoms with Crippen LogP contribution >= 0.6 is 23.2 Å². The Hall–Kier alpha value is -1.75. The molecule has 1 aliphatic rings. The normalized spacial score (nSPS) is 17.1. The highest BCUT2D eigenvalue weighted by molar-refractivity contribution is 6.35. The van der Waals surface area contributed by atoms with E-state index in [1.54, 1.807) is 25.1 Å². The molecule has 1 N–H and O–H groups in total. The molecule has 1 atom stereocenters. The highest BCUT2D eigenvalue weighted by atomic mass is 35.5. The second-order valence-electron chi connectivity index (χ2n) is 6.41. The Balaban J connectivity index is 1.96. The van der Waals surface area contributed by atoms with Crippen molar-refractivity contribution in [2.45, 2.75) is 12.5 Å². The number of benzene rings is 2. The van der Waals surface area contributed by atoms with Gasteiger partial charge in [0.05, 0.1) is 0 Å². The molecule has 0 aliphatic carbocycles. The molecular weight excluding hydrogens is 357 g/mol. The molecule has 3 rings (SSSR count). The van der Waals surface area contributed by atoms with Gasteiger partial charge in [0.1, 0.15) is 0 Å². The number of nitrogens with zero attached hydrogens (tertiary/aromatic N) is 2. The summed E-state index contributed by atoms with van der Waals surface area (Å²) in [6.07, 6.45) is 0. The Bertz CT molecular complexity index is 792. The van der Waals surface area contributed by atoms with Crippen LogP contribution in [0.15, 0.2) is 36.4 Å². The molecule has 4 nitrogen and oxygen atoms in total. The average Bonchev–Trinajstić information content (AvgIpc) is 2.60. The average molecular weight is 378 g/mol. The van der Waals surface area contributed by atoms with E-state index in [0.29, 0.717) is 5.02 Å². The van der Waals surface area contributed by atoms with Crippen LogP contribution in [0.3, 0.4) is 0 Å². The number of anilines is 1. The summed E-state index contributed by atoms with van der Waals surface area (Å²) in [5.41, 5.74) is 4.34. The predicted molar refractivity (Wildman–Crippen MR) is 104 cm³/mol. The number of carbonyl (C=O) groups is 1. The molecule has 0 saturated heterocycles. The van der Waals surface area contributed by atoms with Gasteiger partial charge in [0.25, 0.3) is 0 Å². The first kappa shape index (κ1) is 18.1. The highest BCUT2D eigenvalue weighted by Crippen LogP contribution is 2.38. The maximum absolute atomic E-state index is 11.8. The summed E-state index contributed by atoms with van der Waals surface area (Å²) < 4.78 is 0. The van der Waals surface area contributed by atoms with Crippen molar-refractivity contribution < 1.29 is 4.79 Å². The standard InChI is InChI=1S/C19H21Cl2N3O/c1-22-19(25)24(3)14-6-4-12(5-7-14)16-10-23(2)11-17-15(16)8-13(20)9-18(17)21/h4-9,16H,10-11H2,1-3H3,(H,22,25). The Kier molecular flexibility index (Phi) is 5.23. The fraction of sp³-hybridized carbons (Fsp3) is 0.316. The molecule has 25 heavy (non-hydrogen) atoms. The Morgan fingerprint density at radius 1 is 1.24 bits per heavy atom. The third kappa shape index (κ3) is 3.61. The molecule has 1 unspecified atom stereocenters. The summed E-state index contributed by atoms with van der Waals surface area (Å²) in [5.74, 6) is 0.198. The van der Waals surface area contributed by atoms with Gasteiger partial charge in [-0.1, -0.05) is 35.3 Å². The molecule has 132 valence electrons. The summed E-state index contributed by atoms with van der Waals surface area (Å²) in [7, 11) is 5.46. The monoisotopic (exact) mass is 377 g/mol. The molecule has 0 saturated carbocycles. The predicted octanol–water partition coefficient (Wildman–Crippen LogP) is 4.35. The number of likely N-dealkylation sites (N-methyl/N-ethyl adjacent to an activating group) is 1. The van der Waals surface area contributed by atoms with E-state index in [9.17, 15) is 4.79 Å². The third-order valence-corrected chi connectivity index (χ3v) is 5.25. The van der Waals surface area contributed by atoms with Crippen LogP contribution in [-0.2, 0) is 6.54 Å². The number of rotatable bonds is 2. The van der Waals surface area contributed by atoms with Gasteiger partial charge in [0, 0.05) is 48.8 Å². The molecular formula is C19H21Cl2N3O. The van der Waals surface area contributed by atoms with Crippen LogP contribution in [0, 0.1) is 0 Å². The molecule has 1 aliphatic heterocycles. The SMILES string of the molecule is CNC(=O)N(C)c1ccc(C2CN(C)Cc3c(Cl)cc(Cl)cc32)cc1. The van der Waals surface area contributed by atoms with Crippen molar-refractivity contribution in [1.29, 1.82) is 0 Å². The molecule has 2 aromatic rings. The number of nitrogens with one attached hydrogen (secondary N) is 1. The zero-order valence-electron chi connectivity index (χ0n) is 14.5. The highest BCUT2D eigenvalue weighted by Gasteiger charge is 2.27. The van der Waals surface area contributed by atoms with Gasteiger partial charge in [-0.05, 0) is 48.0 Å². The number of hydrogen-bond acceptors (Lipinski definition) is 2. The molecule has 0 radical (unpaired) electrons. The maximum atomic E-state index is 11.8. The van der Waals surface area contributed by atoms with Gasteiger partial charge >= 0.3 is 6.03 Å². The summed E-state index contributed by atoms with van der Waals surface area (Å²) >= 11 is 12.7. The number of carbonyl (C=O) groups excluding carboxylic acids is 1. The minimum absolute atomic E-state index is 0.144. The molecule has 0 aromatic heterocycles. The van der Waals surface area contributed by atoms with E-state index in [1.807, 2.05) is 18.2 Å². The van der Waals surface area contributed by atoms with Gasteiger partial charge in [-0.15, -0.1) is 0 Å². The summed E-state index contributed by atoms with van der Waals surface area (Å²) in [5, 5.41) is 4.00. The fourth-order valence-electron chi connectivity index (χ4n) is 3.35. The molecule has 6 heteroatoms. The minimum Gasteiger partial charge on any atom is -0.341 e. The summed E-state index contributed by atoms with van der Waals surface area (Å²) in [6, 6.07) is 11.7. The number of fused-ring (bicyclic) bond motifs is 1. The Morgan fingerprint density at radius 2 is 1.92 bits per heavy atom. The molecule has 0 bridgehead atoms. The van der Waals surface area contributed by atoms with Crippen LogP contribution in [0.5, 0.6) is 0 Å². The fourth-order valence-corrected chi connectivity index (χ4v) is 3.91. The Morgan fingerprint density at radius 3 is 2.56 bits per heavy atom. The van der Waals surface area contributed by atoms with Gasteiger partial charge in [0.15, 0.2) is 0 Å². The molecule has 1 heterocycles. The Labute approximate surface area is 158 Å². The van der Waals surface area contributed by atoms with Gasteiger partial charge in [-0.25, -0.2) is 4.79 Å². The van der Waals surface area contributed by atoms with E-state index in [4.69, 9.17) is 23.2 Å². The van der Waals surface area contributed by atoms with Gasteiger partial charge in [-0.3, -0.25) is 4.90 Å². The number of urea groups is 1. The first-order chi connectivity index (χ1) is 11.9. The summed E-state index contributed by atoms with van der Waals surface area (Å²) in [6.45, 7) is 1.72. The second kappa shape index (κ2) is 7.24. The van der Waals surface area contributed by atoms with E-state index in [-0.39, 0.29) is 11.9 Å². The third-order valence-electron chi connectivity index (χ3n) is 4.69. The lowest BCUT2D eigenvalue weighted by atomic mass is 9.84. The largest absolute Gasteiger partial charge is 0.341 e. The van der Waals surface area contributed by atoms with Crippen molar-refractivity contribution in [3.05, 3.63) is 63.1 Å². The van der Waals surface area contributed by atoms with Crippen molar-refractivity contribution in [3.8, 4) is 0 Å². The van der Waals surface area contributed by atoms with Crippen LogP contribution in [0.25, 0.3) is 0 Å². The lowest BCUT2D eigenvalue weighted by molar-refractivity contribution is 0.249. The van der Waals surface area contributed by atoms with Crippen molar-refractivity contribution in [2.24, 2.45) is 0 Å².